The highest BCUT2D eigenvalue weighted by molar-refractivity contribution is 5.83. The Balaban J connectivity index is 1.75. The lowest BCUT2D eigenvalue weighted by Crippen LogP contribution is -2.36. The van der Waals surface area contributed by atoms with Gasteiger partial charge < -0.3 is 5.32 Å². The molecule has 0 unspecified atom stereocenters. The molecular formula is C14H16N8O. The molecule has 0 aliphatic rings. The number of nitrogens with one attached hydrogen (secondary N) is 1. The molecule has 0 aliphatic heterocycles. The Morgan fingerprint density at radius 1 is 1.30 bits per heavy atom. The van der Waals surface area contributed by atoms with E-state index in [2.05, 4.69) is 30.9 Å². The molecule has 2 aromatic heterocycles. The molecule has 0 saturated heterocycles. The van der Waals surface area contributed by atoms with Crippen molar-refractivity contribution in [1.29, 1.82) is 0 Å². The van der Waals surface area contributed by atoms with Crippen LogP contribution in [0.2, 0.25) is 0 Å². The monoisotopic (exact) mass is 312 g/mol. The van der Waals surface area contributed by atoms with Gasteiger partial charge in [0.2, 0.25) is 5.91 Å². The zero-order valence-electron chi connectivity index (χ0n) is 12.6. The molecule has 2 heterocycles. The Bertz CT molecular complexity index is 752. The summed E-state index contributed by atoms with van der Waals surface area (Å²) in [6.45, 7) is 2.74. The summed E-state index contributed by atoms with van der Waals surface area (Å²) in [7, 11) is 0. The molecule has 0 bridgehead atoms. The number of tetrazole rings is 1. The van der Waals surface area contributed by atoms with Crippen LogP contribution in [0.15, 0.2) is 43.0 Å². The molecule has 1 aromatic carbocycles. The molecule has 1 N–H and O–H groups in total. The second kappa shape index (κ2) is 6.77. The van der Waals surface area contributed by atoms with Crippen molar-refractivity contribution in [3.63, 3.8) is 0 Å². The zero-order chi connectivity index (χ0) is 16.1. The molecule has 3 aromatic rings. The van der Waals surface area contributed by atoms with E-state index in [1.165, 1.54) is 11.0 Å². The first-order valence-corrected chi connectivity index (χ1v) is 7.15. The highest BCUT2D eigenvalue weighted by Gasteiger charge is 2.25. The van der Waals surface area contributed by atoms with Gasteiger partial charge in [0.25, 0.3) is 0 Å². The van der Waals surface area contributed by atoms with E-state index < -0.39 is 6.04 Å². The summed E-state index contributed by atoms with van der Waals surface area (Å²) in [6.07, 6.45) is 3.06. The third-order valence-electron chi connectivity index (χ3n) is 3.37. The van der Waals surface area contributed by atoms with Crippen LogP contribution in [0.5, 0.6) is 0 Å². The lowest BCUT2D eigenvalue weighted by molar-refractivity contribution is -0.123. The molecule has 118 valence electrons. The Morgan fingerprint density at radius 3 is 2.78 bits per heavy atom. The zero-order valence-corrected chi connectivity index (χ0v) is 12.6. The van der Waals surface area contributed by atoms with Gasteiger partial charge in [-0.3, -0.25) is 9.48 Å². The minimum atomic E-state index is -0.609. The van der Waals surface area contributed by atoms with Gasteiger partial charge in [0.15, 0.2) is 6.04 Å². The van der Waals surface area contributed by atoms with Crippen molar-refractivity contribution in [3.8, 4) is 0 Å². The molecular weight excluding hydrogens is 296 g/mol. The molecule has 3 rings (SSSR count). The first-order chi connectivity index (χ1) is 11.3. The number of rotatable bonds is 6. The van der Waals surface area contributed by atoms with Crippen LogP contribution in [-0.2, 0) is 11.3 Å². The van der Waals surface area contributed by atoms with Gasteiger partial charge in [-0.05, 0) is 22.9 Å². The number of aryl methyl sites for hydroxylation is 1. The van der Waals surface area contributed by atoms with Gasteiger partial charge in [-0.2, -0.15) is 5.10 Å². The lowest BCUT2D eigenvalue weighted by atomic mass is 10.1. The van der Waals surface area contributed by atoms with E-state index in [0.29, 0.717) is 18.9 Å². The molecule has 1 amide bonds. The Morgan fingerprint density at radius 2 is 2.13 bits per heavy atom. The number of hydrogen-bond donors (Lipinski definition) is 1. The minimum Gasteiger partial charge on any atom is -0.352 e. The molecule has 0 aliphatic carbocycles. The Labute approximate surface area is 132 Å². The van der Waals surface area contributed by atoms with Gasteiger partial charge in [-0.15, -0.1) is 5.10 Å². The maximum atomic E-state index is 12.6. The van der Waals surface area contributed by atoms with Crippen LogP contribution in [0, 0.1) is 6.92 Å². The van der Waals surface area contributed by atoms with Crippen molar-refractivity contribution < 1.29 is 4.79 Å². The summed E-state index contributed by atoms with van der Waals surface area (Å²) in [4.78, 5) is 16.5. The van der Waals surface area contributed by atoms with Gasteiger partial charge in [0.05, 0.1) is 6.54 Å². The highest BCUT2D eigenvalue weighted by atomic mass is 16.2. The average Bonchev–Trinajstić information content (AvgIpc) is 3.21. The second-order valence-corrected chi connectivity index (χ2v) is 4.93. The van der Waals surface area contributed by atoms with E-state index >= 15 is 0 Å². The van der Waals surface area contributed by atoms with Crippen LogP contribution in [0.1, 0.15) is 17.4 Å². The van der Waals surface area contributed by atoms with E-state index in [1.54, 1.807) is 17.9 Å². The van der Waals surface area contributed by atoms with Crippen LogP contribution in [0.25, 0.3) is 0 Å². The average molecular weight is 312 g/mol. The number of hydrogen-bond acceptors (Lipinski definition) is 6. The van der Waals surface area contributed by atoms with Gasteiger partial charge in [0.1, 0.15) is 18.5 Å². The van der Waals surface area contributed by atoms with E-state index in [1.807, 2.05) is 30.3 Å². The van der Waals surface area contributed by atoms with Gasteiger partial charge >= 0.3 is 0 Å². The van der Waals surface area contributed by atoms with Crippen LogP contribution in [0.3, 0.4) is 0 Å². The maximum absolute atomic E-state index is 12.6. The molecule has 1 atom stereocenters. The second-order valence-electron chi connectivity index (χ2n) is 4.93. The number of carbonyl (C=O) groups excluding carboxylic acids is 1. The Hall–Kier alpha value is -3.10. The normalized spacial score (nSPS) is 12.0. The molecule has 23 heavy (non-hydrogen) atoms. The van der Waals surface area contributed by atoms with Gasteiger partial charge in [-0.25, -0.2) is 9.67 Å². The van der Waals surface area contributed by atoms with Crippen LogP contribution < -0.4 is 5.32 Å². The van der Waals surface area contributed by atoms with Crippen molar-refractivity contribution in [2.24, 2.45) is 0 Å². The summed E-state index contributed by atoms with van der Waals surface area (Å²) in [6, 6.07) is 8.80. The van der Waals surface area contributed by atoms with Crippen LogP contribution >= 0.6 is 0 Å². The third-order valence-corrected chi connectivity index (χ3v) is 3.37. The first-order valence-electron chi connectivity index (χ1n) is 7.15. The molecule has 9 nitrogen and oxygen atoms in total. The first kappa shape index (κ1) is 14.8. The smallest absolute Gasteiger partial charge is 0.249 e. The molecule has 0 saturated carbocycles. The standard InChI is InChI=1S/C14H16N8O/c1-11-18-19-20-22(11)13(12-5-3-2-4-6-12)14(23)16-7-8-21-10-15-9-17-21/h2-6,9-10,13H,7-8H2,1H3,(H,16,23)/t13-/m1/s1. The summed E-state index contributed by atoms with van der Waals surface area (Å²) < 4.78 is 3.17. The number of carbonyl (C=O) groups is 1. The van der Waals surface area contributed by atoms with Gasteiger partial charge in [0, 0.05) is 6.54 Å². The molecule has 0 spiro atoms. The molecule has 9 heteroatoms. The fourth-order valence-electron chi connectivity index (χ4n) is 2.25. The topological polar surface area (TPSA) is 103 Å². The lowest BCUT2D eigenvalue weighted by Gasteiger charge is -2.17. The summed E-state index contributed by atoms with van der Waals surface area (Å²) >= 11 is 0. The fraction of sp³-hybridized carbons (Fsp3) is 0.286. The van der Waals surface area contributed by atoms with Crippen LogP contribution in [-0.4, -0.2) is 47.4 Å². The Kier molecular flexibility index (Phi) is 4.37. The minimum absolute atomic E-state index is 0.174. The number of aromatic nitrogens is 7. The van der Waals surface area contributed by atoms with Crippen molar-refractivity contribution in [1.82, 2.24) is 40.3 Å². The quantitative estimate of drug-likeness (QED) is 0.686. The van der Waals surface area contributed by atoms with E-state index in [0.717, 1.165) is 5.56 Å². The summed E-state index contributed by atoms with van der Waals surface area (Å²) in [5, 5.41) is 18.3. The summed E-state index contributed by atoms with van der Waals surface area (Å²) in [5.41, 5.74) is 0.821. The SMILES string of the molecule is Cc1nnnn1[C@@H](C(=O)NCCn1cncn1)c1ccccc1. The number of nitrogens with zero attached hydrogens (tertiary/aromatic N) is 7. The van der Waals surface area contributed by atoms with E-state index in [9.17, 15) is 4.79 Å². The van der Waals surface area contributed by atoms with Crippen molar-refractivity contribution in [3.05, 3.63) is 54.4 Å². The van der Waals surface area contributed by atoms with Crippen molar-refractivity contribution >= 4 is 5.91 Å². The fourth-order valence-corrected chi connectivity index (χ4v) is 2.25. The molecule has 0 fully saturated rings. The van der Waals surface area contributed by atoms with Crippen molar-refractivity contribution in [2.75, 3.05) is 6.54 Å². The number of benzene rings is 1. The predicted molar refractivity (Wildman–Crippen MR) is 80.2 cm³/mol. The third kappa shape index (κ3) is 3.39. The maximum Gasteiger partial charge on any atom is 0.249 e. The predicted octanol–water partition coefficient (Wildman–Crippen LogP) is -0.0212. The number of amides is 1. The van der Waals surface area contributed by atoms with E-state index in [-0.39, 0.29) is 5.91 Å². The highest BCUT2D eigenvalue weighted by Crippen LogP contribution is 2.18. The van der Waals surface area contributed by atoms with E-state index in [4.69, 9.17) is 0 Å². The summed E-state index contributed by atoms with van der Waals surface area (Å²) in [5.74, 6) is 0.400. The van der Waals surface area contributed by atoms with Crippen molar-refractivity contribution in [2.45, 2.75) is 19.5 Å². The largest absolute Gasteiger partial charge is 0.352 e. The molecule has 0 radical (unpaired) electrons. The van der Waals surface area contributed by atoms with Crippen LogP contribution in [0.4, 0.5) is 0 Å². The van der Waals surface area contributed by atoms with Gasteiger partial charge in [-0.1, -0.05) is 30.3 Å².